The maximum absolute atomic E-state index is 14.0. The van der Waals surface area contributed by atoms with Gasteiger partial charge in [-0.2, -0.15) is 0 Å². The number of hydrogen-bond acceptors (Lipinski definition) is 3. The summed E-state index contributed by atoms with van der Waals surface area (Å²) in [5.41, 5.74) is 6.73. The molecule has 0 aliphatic heterocycles. The van der Waals surface area contributed by atoms with Crippen molar-refractivity contribution in [2.45, 2.75) is 12.5 Å². The Kier molecular flexibility index (Phi) is 7.58. The largest absolute Gasteiger partial charge is 1.00 e. The van der Waals surface area contributed by atoms with E-state index in [1.54, 1.807) is 30.3 Å². The van der Waals surface area contributed by atoms with Gasteiger partial charge < -0.3 is 15.6 Å². The number of halogens is 2. The van der Waals surface area contributed by atoms with Crippen molar-refractivity contribution in [2.75, 3.05) is 0 Å². The molecule has 0 spiro atoms. The predicted molar refractivity (Wildman–Crippen MR) is 77.5 cm³/mol. The smallest absolute Gasteiger partial charge is 0.548 e. The van der Waals surface area contributed by atoms with E-state index in [2.05, 4.69) is 0 Å². The average Bonchev–Trinajstić information content (AvgIpc) is 2.50. The molecule has 0 saturated carbocycles. The van der Waals surface area contributed by atoms with Crippen molar-refractivity contribution >= 4 is 11.5 Å². The van der Waals surface area contributed by atoms with Gasteiger partial charge in [-0.15, -0.1) is 0 Å². The quantitative estimate of drug-likeness (QED) is 0.708. The van der Waals surface area contributed by atoms with Gasteiger partial charge in [0.25, 0.3) is 0 Å². The van der Waals surface area contributed by atoms with Gasteiger partial charge in [-0.05, 0) is 29.7 Å². The average molecular weight is 325 g/mol. The van der Waals surface area contributed by atoms with E-state index >= 15 is 0 Å². The molecule has 0 saturated heterocycles. The summed E-state index contributed by atoms with van der Waals surface area (Å²) in [6.07, 6.45) is 1.50. The summed E-state index contributed by atoms with van der Waals surface area (Å²) >= 11 is 0. The summed E-state index contributed by atoms with van der Waals surface area (Å²) in [6.45, 7) is 0. The Morgan fingerprint density at radius 3 is 2.39 bits per heavy atom. The summed E-state index contributed by atoms with van der Waals surface area (Å²) in [5.74, 6) is -2.79. The molecule has 0 fully saturated rings. The minimum atomic E-state index is -1.39. The van der Waals surface area contributed by atoms with E-state index < -0.39 is 23.6 Å². The normalized spacial score (nSPS) is 12.4. The standard InChI is InChI=1S/C17H15F2NO2.Na/c18-12-6-7-14(15(19)10-12)13(8-9-16(20)17(21)22)11-4-2-1-3-5-11;/h1-8,10,16H,9,20H2,(H,21,22);/q;+1/p-1. The Labute approximate surface area is 155 Å². The minimum absolute atomic E-state index is 0. The Balaban J connectivity index is 0.00000264. The zero-order valence-electron chi connectivity index (χ0n) is 12.6. The maximum Gasteiger partial charge on any atom is 1.00 e. The van der Waals surface area contributed by atoms with Gasteiger partial charge in [-0.1, -0.05) is 36.4 Å². The fourth-order valence-corrected chi connectivity index (χ4v) is 2.05. The van der Waals surface area contributed by atoms with Crippen molar-refractivity contribution in [3.8, 4) is 0 Å². The third kappa shape index (κ3) is 5.25. The maximum atomic E-state index is 14.0. The van der Waals surface area contributed by atoms with E-state index in [4.69, 9.17) is 5.73 Å². The first-order valence-corrected chi connectivity index (χ1v) is 6.66. The summed E-state index contributed by atoms with van der Waals surface area (Å²) in [5, 5.41) is 10.7. The molecule has 2 aromatic rings. The number of aliphatic carboxylic acids is 1. The zero-order chi connectivity index (χ0) is 16.1. The third-order valence-electron chi connectivity index (χ3n) is 3.18. The topological polar surface area (TPSA) is 66.2 Å². The van der Waals surface area contributed by atoms with Crippen LogP contribution in [0.2, 0.25) is 0 Å². The van der Waals surface area contributed by atoms with Crippen LogP contribution < -0.4 is 40.4 Å². The van der Waals surface area contributed by atoms with Gasteiger partial charge in [0.2, 0.25) is 0 Å². The third-order valence-corrected chi connectivity index (χ3v) is 3.18. The second-order valence-corrected chi connectivity index (χ2v) is 4.77. The van der Waals surface area contributed by atoms with Crippen molar-refractivity contribution in [3.05, 3.63) is 77.4 Å². The van der Waals surface area contributed by atoms with E-state index in [0.29, 0.717) is 11.1 Å². The van der Waals surface area contributed by atoms with Crippen LogP contribution in [0, 0.1) is 11.6 Å². The molecule has 0 radical (unpaired) electrons. The summed E-state index contributed by atoms with van der Waals surface area (Å²) < 4.78 is 27.1. The predicted octanol–water partition coefficient (Wildman–Crippen LogP) is -1.13. The molecular weight excluding hydrogens is 311 g/mol. The molecule has 23 heavy (non-hydrogen) atoms. The van der Waals surface area contributed by atoms with Crippen molar-refractivity contribution in [3.63, 3.8) is 0 Å². The number of carbonyl (C=O) groups excluding carboxylic acids is 1. The van der Waals surface area contributed by atoms with E-state index in [9.17, 15) is 18.7 Å². The molecular formula is C17H14F2NNaO2. The number of carboxylic acids is 1. The summed E-state index contributed by atoms with van der Waals surface area (Å²) in [6, 6.07) is 10.9. The minimum Gasteiger partial charge on any atom is -0.548 e. The van der Waals surface area contributed by atoms with E-state index in [1.165, 1.54) is 12.1 Å². The van der Waals surface area contributed by atoms with E-state index in [-0.39, 0.29) is 41.5 Å². The van der Waals surface area contributed by atoms with Gasteiger partial charge in [-0.25, -0.2) is 8.78 Å². The van der Waals surface area contributed by atoms with Crippen LogP contribution in [0.5, 0.6) is 0 Å². The Bertz CT molecular complexity index is 705. The molecule has 114 valence electrons. The molecule has 1 atom stereocenters. The molecule has 2 rings (SSSR count). The fraction of sp³-hybridized carbons (Fsp3) is 0.118. The van der Waals surface area contributed by atoms with E-state index in [0.717, 1.165) is 12.1 Å². The fourth-order valence-electron chi connectivity index (χ4n) is 2.05. The molecule has 0 amide bonds. The van der Waals surface area contributed by atoms with Gasteiger partial charge in [0.05, 0.1) is 5.97 Å². The first-order chi connectivity index (χ1) is 10.5. The van der Waals surface area contributed by atoms with Gasteiger partial charge in [0, 0.05) is 17.7 Å². The Morgan fingerprint density at radius 2 is 1.83 bits per heavy atom. The first kappa shape index (κ1) is 19.5. The van der Waals surface area contributed by atoms with Crippen LogP contribution in [-0.4, -0.2) is 12.0 Å². The molecule has 2 N–H and O–H groups in total. The van der Waals surface area contributed by atoms with Crippen LogP contribution in [0.4, 0.5) is 8.78 Å². The number of rotatable bonds is 5. The van der Waals surface area contributed by atoms with Gasteiger partial charge in [0.15, 0.2) is 0 Å². The summed E-state index contributed by atoms with van der Waals surface area (Å²) in [4.78, 5) is 10.7. The number of hydrogen-bond donors (Lipinski definition) is 1. The van der Waals surface area contributed by atoms with Crippen LogP contribution in [0.3, 0.4) is 0 Å². The molecule has 3 nitrogen and oxygen atoms in total. The van der Waals surface area contributed by atoms with Crippen molar-refractivity contribution in [1.29, 1.82) is 0 Å². The Hall–Kier alpha value is -1.53. The van der Waals surface area contributed by atoms with Crippen molar-refractivity contribution < 1.29 is 48.2 Å². The van der Waals surface area contributed by atoms with Gasteiger partial charge in [0.1, 0.15) is 11.6 Å². The van der Waals surface area contributed by atoms with Gasteiger partial charge >= 0.3 is 29.6 Å². The van der Waals surface area contributed by atoms with Crippen LogP contribution in [0.1, 0.15) is 17.5 Å². The van der Waals surface area contributed by atoms with Crippen LogP contribution in [-0.2, 0) is 4.79 Å². The van der Waals surface area contributed by atoms with Crippen molar-refractivity contribution in [2.24, 2.45) is 5.73 Å². The molecule has 0 heterocycles. The SMILES string of the molecule is NC(CC=C(c1ccccc1)c1ccc(F)cc1F)C(=O)[O-].[Na+]. The number of benzene rings is 2. The molecule has 0 bridgehead atoms. The molecule has 6 heteroatoms. The summed E-state index contributed by atoms with van der Waals surface area (Å²) in [7, 11) is 0. The molecule has 1 unspecified atom stereocenters. The molecule has 2 aromatic carbocycles. The number of carbonyl (C=O) groups is 1. The Morgan fingerprint density at radius 1 is 1.17 bits per heavy atom. The first-order valence-electron chi connectivity index (χ1n) is 6.66. The van der Waals surface area contributed by atoms with Crippen LogP contribution >= 0.6 is 0 Å². The van der Waals surface area contributed by atoms with Crippen molar-refractivity contribution in [1.82, 2.24) is 0 Å². The van der Waals surface area contributed by atoms with Crippen LogP contribution in [0.25, 0.3) is 5.57 Å². The second kappa shape index (κ2) is 8.93. The number of carboxylic acid groups (broad SMARTS) is 1. The monoisotopic (exact) mass is 325 g/mol. The van der Waals surface area contributed by atoms with E-state index in [1.807, 2.05) is 0 Å². The zero-order valence-corrected chi connectivity index (χ0v) is 14.6. The molecule has 0 aliphatic rings. The second-order valence-electron chi connectivity index (χ2n) is 4.77. The van der Waals surface area contributed by atoms with Crippen LogP contribution in [0.15, 0.2) is 54.6 Å². The number of nitrogens with two attached hydrogens (primary N) is 1. The molecule has 0 aromatic heterocycles. The van der Waals surface area contributed by atoms with Gasteiger partial charge in [-0.3, -0.25) is 0 Å². The molecule has 0 aliphatic carbocycles.